The van der Waals surface area contributed by atoms with E-state index < -0.39 is 11.9 Å². The second-order valence-electron chi connectivity index (χ2n) is 4.99. The van der Waals surface area contributed by atoms with Gasteiger partial charge in [0.05, 0.1) is 4.58 Å². The molecule has 5 heteroatoms. The van der Waals surface area contributed by atoms with Crippen LogP contribution in [0.1, 0.15) is 21.8 Å². The van der Waals surface area contributed by atoms with Crippen LogP contribution in [0.15, 0.2) is 48.5 Å². The fourth-order valence-electron chi connectivity index (χ4n) is 2.28. The van der Waals surface area contributed by atoms with Crippen molar-refractivity contribution in [2.75, 3.05) is 18.1 Å². The number of benzene rings is 2. The van der Waals surface area contributed by atoms with E-state index >= 15 is 0 Å². The minimum atomic E-state index is -0.971. The number of hydrogen-bond acceptors (Lipinski definition) is 4. The van der Waals surface area contributed by atoms with Crippen LogP contribution in [-0.4, -0.2) is 23.2 Å². The highest BCUT2D eigenvalue weighted by atomic mass is 32.2. The van der Waals surface area contributed by atoms with Crippen molar-refractivity contribution in [2.24, 2.45) is 0 Å². The molecular weight excluding hydrogens is 319 g/mol. The lowest BCUT2D eigenvalue weighted by molar-refractivity contribution is 0.105. The Morgan fingerprint density at radius 1 is 1.09 bits per heavy atom. The molecule has 2 nitrogen and oxygen atoms in total. The number of hydrogen-bond donors (Lipinski definition) is 1. The molecule has 2 aromatic rings. The Balaban J connectivity index is 1.58. The SMILES string of the molecule is OC(COc1ccc(C2SCCS2)cc1)c1ccccc1F. The van der Waals surface area contributed by atoms with E-state index in [4.69, 9.17) is 4.74 Å². The molecule has 22 heavy (non-hydrogen) atoms. The van der Waals surface area contributed by atoms with E-state index in [1.54, 1.807) is 18.2 Å². The minimum absolute atomic E-state index is 0.0349. The first-order chi connectivity index (χ1) is 10.7. The van der Waals surface area contributed by atoms with Gasteiger partial charge in [-0.25, -0.2) is 4.39 Å². The van der Waals surface area contributed by atoms with E-state index in [9.17, 15) is 9.50 Å². The van der Waals surface area contributed by atoms with E-state index in [1.165, 1.54) is 23.1 Å². The smallest absolute Gasteiger partial charge is 0.129 e. The largest absolute Gasteiger partial charge is 0.491 e. The monoisotopic (exact) mass is 336 g/mol. The van der Waals surface area contributed by atoms with Gasteiger partial charge in [-0.1, -0.05) is 30.3 Å². The van der Waals surface area contributed by atoms with Gasteiger partial charge < -0.3 is 9.84 Å². The molecule has 1 N–H and O–H groups in total. The highest BCUT2D eigenvalue weighted by Crippen LogP contribution is 2.45. The first kappa shape index (κ1) is 15.7. The average Bonchev–Trinajstić information content (AvgIpc) is 3.08. The Morgan fingerprint density at radius 2 is 1.77 bits per heavy atom. The Bertz CT molecular complexity index is 612. The predicted octanol–water partition coefficient (Wildman–Crippen LogP) is 4.42. The maximum absolute atomic E-state index is 13.6. The minimum Gasteiger partial charge on any atom is -0.491 e. The number of aliphatic hydroxyl groups is 1. The molecule has 0 aromatic heterocycles. The van der Waals surface area contributed by atoms with Crippen LogP contribution in [0.3, 0.4) is 0 Å². The summed E-state index contributed by atoms with van der Waals surface area (Å²) in [6, 6.07) is 14.1. The second kappa shape index (κ2) is 7.40. The topological polar surface area (TPSA) is 29.5 Å². The van der Waals surface area contributed by atoms with E-state index in [0.29, 0.717) is 10.3 Å². The van der Waals surface area contributed by atoms with E-state index in [2.05, 4.69) is 12.1 Å². The van der Waals surface area contributed by atoms with Gasteiger partial charge in [-0.05, 0) is 23.8 Å². The molecule has 0 amide bonds. The van der Waals surface area contributed by atoms with E-state index in [1.807, 2.05) is 35.7 Å². The van der Waals surface area contributed by atoms with Crippen LogP contribution in [0.4, 0.5) is 4.39 Å². The van der Waals surface area contributed by atoms with Crippen molar-refractivity contribution in [3.05, 3.63) is 65.5 Å². The highest BCUT2D eigenvalue weighted by molar-refractivity contribution is 8.19. The zero-order chi connectivity index (χ0) is 15.4. The number of aliphatic hydroxyl groups excluding tert-OH is 1. The van der Waals surface area contributed by atoms with E-state index in [0.717, 1.165) is 0 Å². The van der Waals surface area contributed by atoms with Crippen molar-refractivity contribution in [1.29, 1.82) is 0 Å². The number of rotatable bonds is 5. The summed E-state index contributed by atoms with van der Waals surface area (Å²) in [6.07, 6.45) is -0.971. The van der Waals surface area contributed by atoms with Gasteiger partial charge in [-0.15, -0.1) is 23.5 Å². The normalized spacial score (nSPS) is 16.6. The Hall–Kier alpha value is -1.17. The third kappa shape index (κ3) is 3.77. The third-order valence-corrected chi connectivity index (χ3v) is 6.55. The molecule has 1 aliphatic rings. The van der Waals surface area contributed by atoms with Crippen LogP contribution in [0.25, 0.3) is 0 Å². The molecule has 0 aliphatic carbocycles. The van der Waals surface area contributed by atoms with Crippen LogP contribution in [0.2, 0.25) is 0 Å². The van der Waals surface area contributed by atoms with Crippen molar-refractivity contribution in [2.45, 2.75) is 10.7 Å². The first-order valence-corrected chi connectivity index (χ1v) is 9.22. The molecule has 116 valence electrons. The zero-order valence-electron chi connectivity index (χ0n) is 11.9. The van der Waals surface area contributed by atoms with Crippen molar-refractivity contribution < 1.29 is 14.2 Å². The van der Waals surface area contributed by atoms with Crippen LogP contribution in [0, 0.1) is 5.82 Å². The first-order valence-electron chi connectivity index (χ1n) is 7.12. The van der Waals surface area contributed by atoms with Crippen LogP contribution in [-0.2, 0) is 0 Å². The molecule has 1 saturated heterocycles. The van der Waals surface area contributed by atoms with Gasteiger partial charge in [-0.2, -0.15) is 0 Å². The molecule has 0 bridgehead atoms. The highest BCUT2D eigenvalue weighted by Gasteiger charge is 2.18. The molecule has 0 saturated carbocycles. The van der Waals surface area contributed by atoms with Crippen molar-refractivity contribution >= 4 is 23.5 Å². The summed E-state index contributed by atoms with van der Waals surface area (Å²) >= 11 is 3.92. The fraction of sp³-hybridized carbons (Fsp3) is 0.294. The molecule has 1 heterocycles. The van der Waals surface area contributed by atoms with Gasteiger partial charge in [0.2, 0.25) is 0 Å². The summed E-state index contributed by atoms with van der Waals surface area (Å²) in [5, 5.41) is 10.0. The molecule has 0 radical (unpaired) electrons. The van der Waals surface area contributed by atoms with Gasteiger partial charge in [0.25, 0.3) is 0 Å². The summed E-state index contributed by atoms with van der Waals surface area (Å²) in [7, 11) is 0. The second-order valence-corrected chi connectivity index (χ2v) is 7.72. The summed E-state index contributed by atoms with van der Waals surface area (Å²) in [5.41, 5.74) is 1.55. The standard InChI is InChI=1S/C17H17FO2S2/c18-15-4-2-1-3-14(15)16(19)11-20-13-7-5-12(6-8-13)17-21-9-10-22-17/h1-8,16-17,19H,9-11H2. The molecule has 1 unspecified atom stereocenters. The van der Waals surface area contributed by atoms with Gasteiger partial charge in [-0.3, -0.25) is 0 Å². The third-order valence-electron chi connectivity index (χ3n) is 3.45. The number of ether oxygens (including phenoxy) is 1. The summed E-state index contributed by atoms with van der Waals surface area (Å²) < 4.78 is 19.6. The van der Waals surface area contributed by atoms with Crippen molar-refractivity contribution in [3.8, 4) is 5.75 Å². The lowest BCUT2D eigenvalue weighted by Gasteiger charge is -2.14. The molecular formula is C17H17FO2S2. The Morgan fingerprint density at radius 3 is 2.45 bits per heavy atom. The maximum atomic E-state index is 13.6. The lowest BCUT2D eigenvalue weighted by Crippen LogP contribution is -2.11. The predicted molar refractivity (Wildman–Crippen MR) is 91.0 cm³/mol. The van der Waals surface area contributed by atoms with Crippen LogP contribution in [0.5, 0.6) is 5.75 Å². The molecule has 3 rings (SSSR count). The number of halogens is 1. The summed E-state index contributed by atoms with van der Waals surface area (Å²) in [5.74, 6) is 2.67. The van der Waals surface area contributed by atoms with Crippen molar-refractivity contribution in [1.82, 2.24) is 0 Å². The Kier molecular flexibility index (Phi) is 5.28. The molecule has 0 spiro atoms. The summed E-state index contributed by atoms with van der Waals surface area (Å²) in [4.78, 5) is 0. The number of thioether (sulfide) groups is 2. The molecule has 1 aliphatic heterocycles. The molecule has 1 atom stereocenters. The van der Waals surface area contributed by atoms with Gasteiger partial charge in [0, 0.05) is 17.1 Å². The molecule has 2 aromatic carbocycles. The van der Waals surface area contributed by atoms with Gasteiger partial charge in [0.1, 0.15) is 24.3 Å². The zero-order valence-corrected chi connectivity index (χ0v) is 13.6. The quantitative estimate of drug-likeness (QED) is 0.875. The maximum Gasteiger partial charge on any atom is 0.129 e. The van der Waals surface area contributed by atoms with E-state index in [-0.39, 0.29) is 12.2 Å². The van der Waals surface area contributed by atoms with Gasteiger partial charge in [0.15, 0.2) is 0 Å². The lowest BCUT2D eigenvalue weighted by atomic mass is 10.1. The van der Waals surface area contributed by atoms with Crippen LogP contribution < -0.4 is 4.74 Å². The van der Waals surface area contributed by atoms with Crippen molar-refractivity contribution in [3.63, 3.8) is 0 Å². The average molecular weight is 336 g/mol. The Labute approximate surface area is 138 Å². The van der Waals surface area contributed by atoms with Crippen LogP contribution >= 0.6 is 23.5 Å². The summed E-state index contributed by atoms with van der Waals surface area (Å²) in [6.45, 7) is 0.0349. The molecule has 1 fully saturated rings. The fourth-order valence-corrected chi connectivity index (χ4v) is 5.14. The van der Waals surface area contributed by atoms with Gasteiger partial charge >= 0.3 is 0 Å².